The summed E-state index contributed by atoms with van der Waals surface area (Å²) in [5.74, 6) is -4.36. The van der Waals surface area contributed by atoms with Crippen molar-refractivity contribution in [1.29, 1.82) is 0 Å². The van der Waals surface area contributed by atoms with Crippen LogP contribution in [0.1, 0.15) is 18.4 Å². The van der Waals surface area contributed by atoms with Gasteiger partial charge in [-0.3, -0.25) is 24.5 Å². The van der Waals surface area contributed by atoms with Gasteiger partial charge in [-0.25, -0.2) is 9.29 Å². The van der Waals surface area contributed by atoms with Crippen LogP contribution in [0.15, 0.2) is 48.5 Å². The first-order valence-corrected chi connectivity index (χ1v) is 9.95. The Labute approximate surface area is 176 Å². The van der Waals surface area contributed by atoms with Gasteiger partial charge in [0.15, 0.2) is 0 Å². The zero-order valence-electron chi connectivity index (χ0n) is 16.3. The van der Waals surface area contributed by atoms with Crippen molar-refractivity contribution in [3.05, 3.63) is 59.9 Å². The topological polar surface area (TPSA) is 122 Å². The lowest BCUT2D eigenvalue weighted by Gasteiger charge is -2.29. The Morgan fingerprint density at radius 1 is 1.06 bits per heavy atom. The molecule has 0 unspecified atom stereocenters. The van der Waals surface area contributed by atoms with E-state index < -0.39 is 52.9 Å². The van der Waals surface area contributed by atoms with E-state index in [1.165, 1.54) is 24.3 Å². The minimum absolute atomic E-state index is 0.00173. The zero-order valence-corrected chi connectivity index (χ0v) is 16.3. The van der Waals surface area contributed by atoms with Gasteiger partial charge >= 0.3 is 0 Å². The fraction of sp³-hybridized carbons (Fsp3) is 0.273. The molecule has 158 valence electrons. The van der Waals surface area contributed by atoms with Crippen molar-refractivity contribution in [2.24, 2.45) is 17.6 Å². The van der Waals surface area contributed by atoms with Gasteiger partial charge in [0.25, 0.3) is 0 Å². The Bertz CT molecular complexity index is 1130. The molecule has 9 heteroatoms. The third-order valence-electron chi connectivity index (χ3n) is 6.41. The van der Waals surface area contributed by atoms with Crippen molar-refractivity contribution in [1.82, 2.24) is 5.32 Å². The van der Waals surface area contributed by atoms with Crippen LogP contribution < -0.4 is 21.3 Å². The molecule has 0 aromatic heterocycles. The average Bonchev–Trinajstić information content (AvgIpc) is 3.32. The van der Waals surface area contributed by atoms with Crippen molar-refractivity contribution in [3.8, 4) is 0 Å². The number of halogens is 1. The van der Waals surface area contributed by atoms with E-state index >= 15 is 0 Å². The average molecular weight is 422 g/mol. The second-order valence-electron chi connectivity index (χ2n) is 8.06. The van der Waals surface area contributed by atoms with Crippen LogP contribution in [-0.4, -0.2) is 29.7 Å². The third kappa shape index (κ3) is 2.63. The maximum Gasteiger partial charge on any atom is 0.250 e. The fourth-order valence-corrected chi connectivity index (χ4v) is 5.15. The van der Waals surface area contributed by atoms with E-state index in [1.54, 1.807) is 24.3 Å². The summed E-state index contributed by atoms with van der Waals surface area (Å²) >= 11 is 0. The van der Waals surface area contributed by atoms with Crippen LogP contribution in [-0.2, 0) is 24.7 Å². The molecule has 3 aliphatic rings. The minimum atomic E-state index is -1.44. The second-order valence-corrected chi connectivity index (χ2v) is 8.06. The molecule has 8 nitrogen and oxygen atoms in total. The standard InChI is InChI=1S/C22H19FN4O4/c23-11-5-7-12(8-6-11)27-19(29)17-15(9-10-16(24)28)26-22(18(17)20(27)30)13-3-1-2-4-14(13)25-21(22)31/h1-8,15,17-18,26H,9-10H2,(H2,24,28)(H,25,31)/t15-,17-,18-,22-/m0/s1. The first-order valence-electron chi connectivity index (χ1n) is 9.95. The zero-order chi connectivity index (χ0) is 21.9. The Hall–Kier alpha value is -3.59. The van der Waals surface area contributed by atoms with Gasteiger partial charge in [-0.05, 0) is 36.8 Å². The summed E-state index contributed by atoms with van der Waals surface area (Å²) < 4.78 is 13.4. The number of para-hydroxylation sites is 1. The number of carbonyl (C=O) groups excluding carboxylic acids is 4. The van der Waals surface area contributed by atoms with E-state index in [0.717, 1.165) is 4.90 Å². The molecule has 2 saturated heterocycles. The highest BCUT2D eigenvalue weighted by molar-refractivity contribution is 6.25. The number of fused-ring (bicyclic) bond motifs is 4. The Balaban J connectivity index is 1.64. The van der Waals surface area contributed by atoms with Crippen LogP contribution in [0, 0.1) is 17.7 Å². The SMILES string of the molecule is NC(=O)CC[C@@H]1N[C@]2(C(=O)Nc3ccccc32)[C@@H]2C(=O)N(c3ccc(F)cc3)C(=O)[C@@H]12. The molecule has 4 N–H and O–H groups in total. The van der Waals surface area contributed by atoms with E-state index in [4.69, 9.17) is 5.73 Å². The predicted molar refractivity (Wildman–Crippen MR) is 108 cm³/mol. The number of primary amides is 1. The quantitative estimate of drug-likeness (QED) is 0.635. The number of anilines is 2. The molecule has 4 amide bonds. The van der Waals surface area contributed by atoms with E-state index in [1.807, 2.05) is 0 Å². The van der Waals surface area contributed by atoms with Crippen molar-refractivity contribution in [3.63, 3.8) is 0 Å². The molecule has 3 heterocycles. The molecular weight excluding hydrogens is 403 g/mol. The predicted octanol–water partition coefficient (Wildman–Crippen LogP) is 1.02. The summed E-state index contributed by atoms with van der Waals surface area (Å²) in [6, 6.07) is 11.4. The van der Waals surface area contributed by atoms with E-state index in [-0.39, 0.29) is 18.5 Å². The Kier molecular flexibility index (Phi) is 4.19. The van der Waals surface area contributed by atoms with Crippen LogP contribution in [0.25, 0.3) is 0 Å². The molecule has 5 rings (SSSR count). The molecule has 4 atom stereocenters. The summed E-state index contributed by atoms with van der Waals surface area (Å²) in [6.45, 7) is 0. The maximum absolute atomic E-state index is 13.6. The Morgan fingerprint density at radius 3 is 2.48 bits per heavy atom. The van der Waals surface area contributed by atoms with Gasteiger partial charge in [-0.15, -0.1) is 0 Å². The summed E-state index contributed by atoms with van der Waals surface area (Å²) in [5, 5.41) is 6.02. The Morgan fingerprint density at radius 2 is 1.77 bits per heavy atom. The van der Waals surface area contributed by atoms with Crippen molar-refractivity contribution in [2.45, 2.75) is 24.4 Å². The molecule has 2 fully saturated rings. The van der Waals surface area contributed by atoms with Crippen LogP contribution in [0.5, 0.6) is 0 Å². The molecule has 0 aliphatic carbocycles. The molecule has 3 aliphatic heterocycles. The van der Waals surface area contributed by atoms with Gasteiger partial charge in [-0.1, -0.05) is 18.2 Å². The number of nitrogens with two attached hydrogens (primary N) is 1. The lowest BCUT2D eigenvalue weighted by atomic mass is 9.76. The number of amides is 4. The van der Waals surface area contributed by atoms with Gasteiger partial charge in [0.05, 0.1) is 17.5 Å². The number of nitrogens with one attached hydrogen (secondary N) is 2. The molecule has 1 spiro atoms. The molecule has 0 radical (unpaired) electrons. The maximum atomic E-state index is 13.6. The number of rotatable bonds is 4. The number of hydrogen-bond donors (Lipinski definition) is 3. The lowest BCUT2D eigenvalue weighted by Crippen LogP contribution is -2.53. The number of imide groups is 1. The van der Waals surface area contributed by atoms with E-state index in [9.17, 15) is 23.6 Å². The summed E-state index contributed by atoms with van der Waals surface area (Å²) in [5.41, 5.74) is 5.25. The largest absolute Gasteiger partial charge is 0.370 e. The van der Waals surface area contributed by atoms with Crippen LogP contribution in [0.2, 0.25) is 0 Å². The molecule has 31 heavy (non-hydrogen) atoms. The van der Waals surface area contributed by atoms with Gasteiger partial charge in [0.1, 0.15) is 11.4 Å². The normalized spacial score (nSPS) is 28.7. The fourth-order valence-electron chi connectivity index (χ4n) is 5.15. The molecule has 2 aromatic rings. The molecule has 0 saturated carbocycles. The van der Waals surface area contributed by atoms with Crippen molar-refractivity contribution >= 4 is 35.0 Å². The van der Waals surface area contributed by atoms with Gasteiger partial charge < -0.3 is 11.1 Å². The number of hydrogen-bond acceptors (Lipinski definition) is 5. The van der Waals surface area contributed by atoms with Crippen LogP contribution in [0.3, 0.4) is 0 Å². The number of carbonyl (C=O) groups is 4. The van der Waals surface area contributed by atoms with Gasteiger partial charge in [0.2, 0.25) is 23.6 Å². The highest BCUT2D eigenvalue weighted by Crippen LogP contribution is 2.53. The van der Waals surface area contributed by atoms with Crippen molar-refractivity contribution in [2.75, 3.05) is 10.2 Å². The summed E-state index contributed by atoms with van der Waals surface area (Å²) in [4.78, 5) is 52.6. The summed E-state index contributed by atoms with van der Waals surface area (Å²) in [7, 11) is 0. The van der Waals surface area contributed by atoms with E-state index in [0.29, 0.717) is 11.3 Å². The molecule has 2 aromatic carbocycles. The second kappa shape index (κ2) is 6.71. The molecule has 0 bridgehead atoms. The van der Waals surface area contributed by atoms with E-state index in [2.05, 4.69) is 10.6 Å². The molecular formula is C22H19FN4O4. The van der Waals surface area contributed by atoms with Gasteiger partial charge in [-0.2, -0.15) is 0 Å². The van der Waals surface area contributed by atoms with Crippen LogP contribution in [0.4, 0.5) is 15.8 Å². The first-order chi connectivity index (χ1) is 14.8. The number of benzene rings is 2. The summed E-state index contributed by atoms with van der Waals surface area (Å²) in [6.07, 6.45) is 0.197. The smallest absolute Gasteiger partial charge is 0.250 e. The highest BCUT2D eigenvalue weighted by Gasteiger charge is 2.70. The highest BCUT2D eigenvalue weighted by atomic mass is 19.1. The first kappa shape index (κ1) is 19.4. The van der Waals surface area contributed by atoms with Gasteiger partial charge in [0, 0.05) is 23.7 Å². The van der Waals surface area contributed by atoms with Crippen LogP contribution >= 0.6 is 0 Å². The monoisotopic (exact) mass is 422 g/mol. The lowest BCUT2D eigenvalue weighted by molar-refractivity contribution is -0.130. The number of nitrogens with zero attached hydrogens (tertiary/aromatic N) is 1. The third-order valence-corrected chi connectivity index (χ3v) is 6.41. The van der Waals surface area contributed by atoms with Crippen molar-refractivity contribution < 1.29 is 23.6 Å². The minimum Gasteiger partial charge on any atom is -0.370 e.